The molecule has 0 saturated heterocycles. The smallest absolute Gasteiger partial charge is 0.0372 e. The Morgan fingerprint density at radius 1 is 1.47 bits per heavy atom. The van der Waals surface area contributed by atoms with Crippen LogP contribution in [0.1, 0.15) is 37.4 Å². The first-order valence-electron chi connectivity index (χ1n) is 5.82. The summed E-state index contributed by atoms with van der Waals surface area (Å²) in [6.07, 6.45) is 3.36. The Hall–Kier alpha value is -0.890. The van der Waals surface area contributed by atoms with E-state index < -0.39 is 0 Å². The molecule has 1 aliphatic rings. The van der Waals surface area contributed by atoms with Crippen molar-refractivity contribution < 1.29 is 0 Å². The lowest BCUT2D eigenvalue weighted by Gasteiger charge is -2.07. The Bertz CT molecular complexity index is 316. The molecule has 82 valence electrons. The topological polar surface area (TPSA) is 24.9 Å². The van der Waals surface area contributed by atoms with Crippen molar-refractivity contribution in [3.63, 3.8) is 0 Å². The number of hydrogen-bond donors (Lipinski definition) is 1. The molecule has 1 N–H and O–H groups in total. The fraction of sp³-hybridized carbons (Fsp3) is 0.615. The molecule has 0 bridgehead atoms. The summed E-state index contributed by atoms with van der Waals surface area (Å²) in [4.78, 5) is 4.35. The molecule has 1 aliphatic carbocycles. The van der Waals surface area contributed by atoms with Crippen molar-refractivity contribution in [2.45, 2.75) is 39.2 Å². The van der Waals surface area contributed by atoms with Crippen LogP contribution < -0.4 is 5.32 Å². The van der Waals surface area contributed by atoms with Crippen molar-refractivity contribution in [3.8, 4) is 0 Å². The highest BCUT2D eigenvalue weighted by Gasteiger charge is 2.37. The molecule has 1 aromatic heterocycles. The van der Waals surface area contributed by atoms with Gasteiger partial charge in [-0.1, -0.05) is 19.9 Å². The van der Waals surface area contributed by atoms with Gasteiger partial charge in [-0.15, -0.1) is 0 Å². The summed E-state index contributed by atoms with van der Waals surface area (Å²) in [6, 6.07) is 4.94. The van der Waals surface area contributed by atoms with E-state index >= 15 is 0 Å². The van der Waals surface area contributed by atoms with Crippen LogP contribution in [0.15, 0.2) is 18.3 Å². The summed E-state index contributed by atoms with van der Waals surface area (Å²) in [5.74, 6) is 1.58. The van der Waals surface area contributed by atoms with Crippen LogP contribution in [0.25, 0.3) is 0 Å². The largest absolute Gasteiger partial charge is 0.314 e. The van der Waals surface area contributed by atoms with Gasteiger partial charge in [-0.05, 0) is 43.4 Å². The Balaban J connectivity index is 1.85. The summed E-state index contributed by atoms with van der Waals surface area (Å²) in [5.41, 5.74) is 2.52. The number of hydrogen-bond acceptors (Lipinski definition) is 2. The van der Waals surface area contributed by atoms with Gasteiger partial charge in [0.2, 0.25) is 0 Å². The monoisotopic (exact) mass is 204 g/mol. The van der Waals surface area contributed by atoms with Crippen molar-refractivity contribution >= 4 is 0 Å². The van der Waals surface area contributed by atoms with Crippen LogP contribution in [0.5, 0.6) is 0 Å². The maximum atomic E-state index is 4.35. The standard InChI is InChI=1S/C13H20N2/c1-9(2)14-8-12-6-13(12)11-5-4-10(3)15-7-11/h4-5,7,9,12-14H,6,8H2,1-3H3. The third-order valence-electron chi connectivity index (χ3n) is 3.07. The molecule has 1 fully saturated rings. The third-order valence-corrected chi connectivity index (χ3v) is 3.07. The van der Waals surface area contributed by atoms with Crippen LogP contribution >= 0.6 is 0 Å². The first kappa shape index (κ1) is 10.6. The van der Waals surface area contributed by atoms with Crippen molar-refractivity contribution in [2.75, 3.05) is 6.54 Å². The van der Waals surface area contributed by atoms with Gasteiger partial charge in [0.25, 0.3) is 0 Å². The third kappa shape index (κ3) is 2.78. The van der Waals surface area contributed by atoms with Crippen molar-refractivity contribution in [3.05, 3.63) is 29.6 Å². The molecular formula is C13H20N2. The average molecular weight is 204 g/mol. The highest BCUT2D eigenvalue weighted by atomic mass is 14.9. The zero-order chi connectivity index (χ0) is 10.8. The Morgan fingerprint density at radius 3 is 2.87 bits per heavy atom. The average Bonchev–Trinajstić information content (AvgIpc) is 2.95. The van der Waals surface area contributed by atoms with E-state index in [1.807, 2.05) is 13.1 Å². The highest BCUT2D eigenvalue weighted by Crippen LogP contribution is 2.46. The molecule has 0 spiro atoms. The number of nitrogens with zero attached hydrogens (tertiary/aromatic N) is 1. The summed E-state index contributed by atoms with van der Waals surface area (Å²) in [7, 11) is 0. The lowest BCUT2D eigenvalue weighted by Crippen LogP contribution is -2.25. The lowest BCUT2D eigenvalue weighted by molar-refractivity contribution is 0.554. The van der Waals surface area contributed by atoms with Crippen LogP contribution in [0, 0.1) is 12.8 Å². The quantitative estimate of drug-likeness (QED) is 0.815. The molecule has 2 heteroatoms. The first-order chi connectivity index (χ1) is 7.16. The predicted octanol–water partition coefficient (Wildman–Crippen LogP) is 2.49. The molecule has 1 heterocycles. The van der Waals surface area contributed by atoms with Crippen LogP contribution in [0.3, 0.4) is 0 Å². The fourth-order valence-electron chi connectivity index (χ4n) is 1.97. The van der Waals surface area contributed by atoms with E-state index in [1.54, 1.807) is 0 Å². The molecular weight excluding hydrogens is 184 g/mol. The van der Waals surface area contributed by atoms with E-state index in [2.05, 4.69) is 36.3 Å². The van der Waals surface area contributed by atoms with Gasteiger partial charge in [0.15, 0.2) is 0 Å². The second kappa shape index (κ2) is 4.31. The number of rotatable bonds is 4. The summed E-state index contributed by atoms with van der Waals surface area (Å²) < 4.78 is 0. The predicted molar refractivity (Wildman–Crippen MR) is 63.0 cm³/mol. The highest BCUT2D eigenvalue weighted by molar-refractivity contribution is 5.24. The number of pyridine rings is 1. The molecule has 0 aromatic carbocycles. The molecule has 1 saturated carbocycles. The molecule has 1 aromatic rings. The normalized spacial score (nSPS) is 24.5. The SMILES string of the molecule is Cc1ccc(C2CC2CNC(C)C)cn1. The van der Waals surface area contributed by atoms with Gasteiger partial charge < -0.3 is 5.32 Å². The maximum absolute atomic E-state index is 4.35. The van der Waals surface area contributed by atoms with Gasteiger partial charge in [-0.3, -0.25) is 4.98 Å². The van der Waals surface area contributed by atoms with E-state index in [9.17, 15) is 0 Å². The van der Waals surface area contributed by atoms with E-state index in [1.165, 1.54) is 12.0 Å². The second-order valence-electron chi connectivity index (χ2n) is 4.90. The van der Waals surface area contributed by atoms with E-state index in [4.69, 9.17) is 0 Å². The molecule has 15 heavy (non-hydrogen) atoms. The van der Waals surface area contributed by atoms with Gasteiger partial charge in [-0.25, -0.2) is 0 Å². The van der Waals surface area contributed by atoms with E-state index in [0.717, 1.165) is 24.1 Å². The van der Waals surface area contributed by atoms with Crippen LogP contribution in [0.2, 0.25) is 0 Å². The van der Waals surface area contributed by atoms with Crippen LogP contribution in [-0.2, 0) is 0 Å². The molecule has 0 radical (unpaired) electrons. The Labute approximate surface area is 92.1 Å². The Morgan fingerprint density at radius 2 is 2.27 bits per heavy atom. The lowest BCUT2D eigenvalue weighted by atomic mass is 10.1. The molecule has 2 nitrogen and oxygen atoms in total. The van der Waals surface area contributed by atoms with E-state index in [0.29, 0.717) is 6.04 Å². The van der Waals surface area contributed by atoms with Gasteiger partial charge in [0.05, 0.1) is 0 Å². The van der Waals surface area contributed by atoms with Crippen LogP contribution in [-0.4, -0.2) is 17.6 Å². The minimum atomic E-state index is 0.599. The molecule has 2 atom stereocenters. The van der Waals surface area contributed by atoms with Gasteiger partial charge in [-0.2, -0.15) is 0 Å². The summed E-state index contributed by atoms with van der Waals surface area (Å²) >= 11 is 0. The Kier molecular flexibility index (Phi) is 3.06. The minimum absolute atomic E-state index is 0.599. The van der Waals surface area contributed by atoms with Crippen molar-refractivity contribution in [1.29, 1.82) is 0 Å². The van der Waals surface area contributed by atoms with Crippen molar-refractivity contribution in [2.24, 2.45) is 5.92 Å². The fourth-order valence-corrected chi connectivity index (χ4v) is 1.97. The summed E-state index contributed by atoms with van der Waals surface area (Å²) in [6.45, 7) is 7.58. The number of aromatic nitrogens is 1. The second-order valence-corrected chi connectivity index (χ2v) is 4.90. The molecule has 0 aliphatic heterocycles. The minimum Gasteiger partial charge on any atom is -0.314 e. The van der Waals surface area contributed by atoms with Gasteiger partial charge in [0, 0.05) is 17.9 Å². The summed E-state index contributed by atoms with van der Waals surface area (Å²) in [5, 5.41) is 3.50. The van der Waals surface area contributed by atoms with E-state index in [-0.39, 0.29) is 0 Å². The zero-order valence-corrected chi connectivity index (χ0v) is 9.83. The maximum Gasteiger partial charge on any atom is 0.0372 e. The number of nitrogens with one attached hydrogen (secondary N) is 1. The first-order valence-corrected chi connectivity index (χ1v) is 5.82. The molecule has 0 amide bonds. The number of aryl methyl sites for hydroxylation is 1. The van der Waals surface area contributed by atoms with Crippen LogP contribution in [0.4, 0.5) is 0 Å². The van der Waals surface area contributed by atoms with Gasteiger partial charge >= 0.3 is 0 Å². The molecule has 2 rings (SSSR count). The zero-order valence-electron chi connectivity index (χ0n) is 9.83. The molecule has 2 unspecified atom stereocenters. The van der Waals surface area contributed by atoms with Gasteiger partial charge in [0.1, 0.15) is 0 Å². The van der Waals surface area contributed by atoms with Crippen molar-refractivity contribution in [1.82, 2.24) is 10.3 Å².